The van der Waals surface area contributed by atoms with Crippen molar-refractivity contribution in [1.29, 1.82) is 0 Å². The van der Waals surface area contributed by atoms with Gasteiger partial charge in [0.15, 0.2) is 23.8 Å². The molecule has 0 aromatic rings. The summed E-state index contributed by atoms with van der Waals surface area (Å²) in [5.74, 6) is -5.09. The molecule has 0 spiro atoms. The van der Waals surface area contributed by atoms with Crippen LogP contribution < -0.4 is 0 Å². The number of hydrogen-bond donors (Lipinski definition) is 1. The molecule has 0 radical (unpaired) electrons. The number of carbonyl (C=O) groups is 4. The van der Waals surface area contributed by atoms with Gasteiger partial charge in [0.1, 0.15) is 23.9 Å². The van der Waals surface area contributed by atoms with Crippen LogP contribution in [0.15, 0.2) is 0 Å². The summed E-state index contributed by atoms with van der Waals surface area (Å²) in [6.07, 6.45) is -5.42. The van der Waals surface area contributed by atoms with E-state index in [1.54, 1.807) is 41.5 Å². The first-order valence-corrected chi connectivity index (χ1v) is 15.3. The fourth-order valence-electron chi connectivity index (χ4n) is 7.05. The van der Waals surface area contributed by atoms with Crippen molar-refractivity contribution in [2.75, 3.05) is 21.2 Å². The second-order valence-corrected chi connectivity index (χ2v) is 13.3. The minimum absolute atomic E-state index is 0.124. The van der Waals surface area contributed by atoms with Gasteiger partial charge in [0, 0.05) is 25.0 Å². The number of nitrogens with zero attached hydrogens (tertiary/aromatic N) is 1. The first-order chi connectivity index (χ1) is 19.9. The summed E-state index contributed by atoms with van der Waals surface area (Å²) in [6, 6.07) is -0.265. The molecular formula is C31H51NO11. The molecule has 1 N–H and O–H groups in total. The lowest BCUT2D eigenvalue weighted by atomic mass is 9.74. The summed E-state index contributed by atoms with van der Waals surface area (Å²) in [4.78, 5) is 55.5. The maximum Gasteiger partial charge on any atom is 0.509 e. The number of ketones is 2. The van der Waals surface area contributed by atoms with Crippen molar-refractivity contribution in [1.82, 2.24) is 4.90 Å². The number of aliphatic hydroxyl groups is 1. The zero-order valence-electron chi connectivity index (χ0n) is 27.4. The molecule has 3 rings (SSSR count). The first-order valence-electron chi connectivity index (χ1n) is 15.3. The zero-order valence-corrected chi connectivity index (χ0v) is 27.4. The van der Waals surface area contributed by atoms with Gasteiger partial charge in [-0.15, -0.1) is 0 Å². The van der Waals surface area contributed by atoms with E-state index in [1.165, 1.54) is 14.0 Å². The second-order valence-electron chi connectivity index (χ2n) is 13.3. The van der Waals surface area contributed by atoms with Gasteiger partial charge in [-0.25, -0.2) is 4.79 Å². The highest BCUT2D eigenvalue weighted by Crippen LogP contribution is 2.41. The van der Waals surface area contributed by atoms with Crippen LogP contribution in [0.1, 0.15) is 74.7 Å². The molecular weight excluding hydrogens is 562 g/mol. The van der Waals surface area contributed by atoms with E-state index < -0.39 is 83.5 Å². The van der Waals surface area contributed by atoms with Crippen molar-refractivity contribution in [3.8, 4) is 0 Å². The lowest BCUT2D eigenvalue weighted by molar-refractivity contribution is -0.295. The number of rotatable bonds is 5. The molecule has 0 amide bonds. The molecule has 43 heavy (non-hydrogen) atoms. The number of esters is 1. The third-order valence-electron chi connectivity index (χ3n) is 9.77. The number of cyclic esters (lactones) is 1. The third kappa shape index (κ3) is 6.93. The van der Waals surface area contributed by atoms with Crippen LogP contribution in [0, 0.1) is 23.7 Å². The van der Waals surface area contributed by atoms with Crippen molar-refractivity contribution in [2.24, 2.45) is 23.7 Å². The predicted molar refractivity (Wildman–Crippen MR) is 154 cm³/mol. The smallest absolute Gasteiger partial charge is 0.457 e. The third-order valence-corrected chi connectivity index (χ3v) is 9.77. The molecule has 246 valence electrons. The summed E-state index contributed by atoms with van der Waals surface area (Å²) < 4.78 is 35.4. The molecule has 3 aliphatic heterocycles. The van der Waals surface area contributed by atoms with Crippen LogP contribution in [0.4, 0.5) is 4.79 Å². The predicted octanol–water partition coefficient (Wildman–Crippen LogP) is 2.90. The SMILES string of the molecule is CCC1OC(=O)[C@H](C)C(=O)[C@@H](C)[C@@H](O[C@@H]2O[C@H](C)C[C@H](N(C)C)[C@H]2O)[C@](C)(OC)C[C@@H](C)C(=O)[C@H](C)[C@H]2OC(=O)O[C@@]12C. The van der Waals surface area contributed by atoms with Gasteiger partial charge in [-0.3, -0.25) is 14.4 Å². The number of carbonyl (C=O) groups excluding carboxylic acids is 4. The Morgan fingerprint density at radius 2 is 1.60 bits per heavy atom. The molecule has 13 atom stereocenters. The van der Waals surface area contributed by atoms with Gasteiger partial charge in [0.25, 0.3) is 0 Å². The Morgan fingerprint density at radius 3 is 2.16 bits per heavy atom. The van der Waals surface area contributed by atoms with E-state index in [9.17, 15) is 24.3 Å². The van der Waals surface area contributed by atoms with E-state index in [0.29, 0.717) is 6.42 Å². The number of ether oxygens (including phenoxy) is 6. The molecule has 3 saturated heterocycles. The normalized spacial score (nSPS) is 45.2. The average molecular weight is 614 g/mol. The molecule has 3 heterocycles. The van der Waals surface area contributed by atoms with Crippen molar-refractivity contribution in [3.05, 3.63) is 0 Å². The Bertz CT molecular complexity index is 1050. The highest BCUT2D eigenvalue weighted by atomic mass is 16.8. The van der Waals surface area contributed by atoms with Crippen LogP contribution in [0.5, 0.6) is 0 Å². The van der Waals surface area contributed by atoms with Gasteiger partial charge in [0.05, 0.1) is 23.7 Å². The molecule has 0 saturated carbocycles. The van der Waals surface area contributed by atoms with E-state index in [0.717, 1.165) is 0 Å². The molecule has 12 heteroatoms. The van der Waals surface area contributed by atoms with Crippen molar-refractivity contribution in [3.63, 3.8) is 0 Å². The Balaban J connectivity index is 2.09. The quantitative estimate of drug-likeness (QED) is 0.359. The number of aliphatic hydroxyl groups excluding tert-OH is 1. The molecule has 12 nitrogen and oxygen atoms in total. The standard InChI is InChI=1S/C31H51NO11/c1-12-21-31(8)26(42-29(37)43-31)17(4)22(33)15(2)14-30(7,38-11)25(18(5)23(34)19(6)27(36)40-21)41-28-24(35)20(32(9)10)13-16(3)39-28/h15-21,24-26,28,35H,12-14H2,1-11H3/t15-,16-,17+,18-,19-,20+,21?,24-,25-,26-,28+,30-,31+/m1/s1. The summed E-state index contributed by atoms with van der Waals surface area (Å²) in [6.45, 7) is 13.5. The largest absolute Gasteiger partial charge is 0.509 e. The van der Waals surface area contributed by atoms with E-state index in [1.807, 2.05) is 25.9 Å². The minimum atomic E-state index is -1.45. The Labute approximate surface area is 255 Å². The Kier molecular flexibility index (Phi) is 11.1. The van der Waals surface area contributed by atoms with Crippen LogP contribution in [0.25, 0.3) is 0 Å². The second kappa shape index (κ2) is 13.5. The van der Waals surface area contributed by atoms with Crippen LogP contribution >= 0.6 is 0 Å². The summed E-state index contributed by atoms with van der Waals surface area (Å²) >= 11 is 0. The summed E-state index contributed by atoms with van der Waals surface area (Å²) in [5.41, 5.74) is -2.69. The number of Topliss-reactive ketones (excluding diaryl/α,β-unsaturated/α-hetero) is 2. The van der Waals surface area contributed by atoms with Gasteiger partial charge in [0.2, 0.25) is 0 Å². The number of hydrogen-bond acceptors (Lipinski definition) is 12. The van der Waals surface area contributed by atoms with Crippen LogP contribution in [0.2, 0.25) is 0 Å². The minimum Gasteiger partial charge on any atom is -0.457 e. The fourth-order valence-corrected chi connectivity index (χ4v) is 7.05. The van der Waals surface area contributed by atoms with Crippen LogP contribution in [-0.2, 0) is 42.8 Å². The van der Waals surface area contributed by atoms with Crippen LogP contribution in [0.3, 0.4) is 0 Å². The average Bonchev–Trinajstić information content (AvgIpc) is 3.27. The van der Waals surface area contributed by atoms with Crippen molar-refractivity contribution in [2.45, 2.75) is 129 Å². The lowest BCUT2D eigenvalue weighted by Gasteiger charge is -2.47. The highest BCUT2D eigenvalue weighted by molar-refractivity contribution is 6.00. The van der Waals surface area contributed by atoms with Crippen molar-refractivity contribution >= 4 is 23.7 Å². The molecule has 0 aliphatic carbocycles. The highest BCUT2D eigenvalue weighted by Gasteiger charge is 2.59. The first kappa shape index (κ1) is 35.4. The topological polar surface area (TPSA) is 147 Å². The van der Waals surface area contributed by atoms with Crippen LogP contribution in [-0.4, -0.2) is 109 Å². The lowest BCUT2D eigenvalue weighted by Crippen LogP contribution is -2.59. The molecule has 3 fully saturated rings. The molecule has 1 unspecified atom stereocenters. The number of fused-ring (bicyclic) bond motifs is 1. The summed E-state index contributed by atoms with van der Waals surface area (Å²) in [5, 5.41) is 11.2. The molecule has 0 bridgehead atoms. The molecule has 3 aliphatic rings. The maximum atomic E-state index is 13.9. The van der Waals surface area contributed by atoms with E-state index in [4.69, 9.17) is 28.4 Å². The Hall–Kier alpha value is -2.12. The monoisotopic (exact) mass is 613 g/mol. The zero-order chi connectivity index (χ0) is 32.6. The van der Waals surface area contributed by atoms with Crippen molar-refractivity contribution < 1.29 is 52.7 Å². The van der Waals surface area contributed by atoms with Gasteiger partial charge in [-0.2, -0.15) is 0 Å². The van der Waals surface area contributed by atoms with E-state index in [2.05, 4.69) is 0 Å². The van der Waals surface area contributed by atoms with E-state index in [-0.39, 0.29) is 30.8 Å². The summed E-state index contributed by atoms with van der Waals surface area (Å²) in [7, 11) is 5.19. The van der Waals surface area contributed by atoms with Gasteiger partial charge < -0.3 is 38.4 Å². The molecule has 0 aromatic heterocycles. The number of likely N-dealkylation sites (N-methyl/N-ethyl adjacent to an activating group) is 1. The maximum absolute atomic E-state index is 13.9. The molecule has 0 aromatic carbocycles. The number of methoxy groups -OCH3 is 1. The van der Waals surface area contributed by atoms with Gasteiger partial charge in [-0.1, -0.05) is 27.7 Å². The van der Waals surface area contributed by atoms with E-state index >= 15 is 0 Å². The fraction of sp³-hybridized carbons (Fsp3) is 0.871. The Morgan fingerprint density at radius 1 is 0.977 bits per heavy atom. The van der Waals surface area contributed by atoms with Gasteiger partial charge in [-0.05, 0) is 61.1 Å². The van der Waals surface area contributed by atoms with Gasteiger partial charge >= 0.3 is 12.1 Å².